The van der Waals surface area contributed by atoms with Crippen LogP contribution in [0.15, 0.2) is 12.1 Å². The van der Waals surface area contributed by atoms with Crippen molar-refractivity contribution in [3.05, 3.63) is 29.3 Å². The minimum atomic E-state index is -0.710. The zero-order valence-electron chi connectivity index (χ0n) is 11.8. The Bertz CT molecular complexity index is 540. The number of aldehydes is 1. The van der Waals surface area contributed by atoms with Crippen LogP contribution in [0, 0.1) is 17.6 Å². The molecule has 2 unspecified atom stereocenters. The summed E-state index contributed by atoms with van der Waals surface area (Å²) in [6.07, 6.45) is 4.71. The first kappa shape index (κ1) is 14.4. The van der Waals surface area contributed by atoms with Gasteiger partial charge in [0.1, 0.15) is 23.6 Å². The monoisotopic (exact) mass is 295 g/mol. The average molecular weight is 295 g/mol. The van der Waals surface area contributed by atoms with Crippen molar-refractivity contribution in [3.8, 4) is 0 Å². The molecule has 1 heterocycles. The summed E-state index contributed by atoms with van der Waals surface area (Å²) in [6, 6.07) is 2.13. The van der Waals surface area contributed by atoms with E-state index in [-0.39, 0.29) is 17.2 Å². The lowest BCUT2D eigenvalue weighted by molar-refractivity contribution is -0.0614. The Morgan fingerprint density at radius 2 is 1.95 bits per heavy atom. The highest BCUT2D eigenvalue weighted by molar-refractivity contribution is 5.76. The first-order chi connectivity index (χ1) is 10.0. The predicted molar refractivity (Wildman–Crippen MR) is 75.5 cm³/mol. The second kappa shape index (κ2) is 5.37. The summed E-state index contributed by atoms with van der Waals surface area (Å²) in [5.41, 5.74) is -0.752. The van der Waals surface area contributed by atoms with Gasteiger partial charge in [0.25, 0.3) is 0 Å². The van der Waals surface area contributed by atoms with Gasteiger partial charge in [0.2, 0.25) is 0 Å². The van der Waals surface area contributed by atoms with Crippen LogP contribution < -0.4 is 4.90 Å². The summed E-state index contributed by atoms with van der Waals surface area (Å²) in [6.45, 7) is 0.895. The molecule has 21 heavy (non-hydrogen) atoms. The van der Waals surface area contributed by atoms with Crippen molar-refractivity contribution in [1.82, 2.24) is 0 Å². The average Bonchev–Trinajstić information content (AvgIpc) is 2.46. The normalized spacial score (nSPS) is 29.1. The molecule has 0 aromatic heterocycles. The van der Waals surface area contributed by atoms with Gasteiger partial charge in [-0.25, -0.2) is 8.78 Å². The zero-order chi connectivity index (χ0) is 15.0. The molecule has 1 saturated heterocycles. The SMILES string of the molecule is O=Cc1cc(F)c(N2CCC3(O)CCCCC3C2)c(F)c1. The molecule has 1 aromatic carbocycles. The van der Waals surface area contributed by atoms with Crippen LogP contribution >= 0.6 is 0 Å². The molecule has 2 fully saturated rings. The Balaban J connectivity index is 1.87. The Morgan fingerprint density at radius 1 is 1.24 bits per heavy atom. The molecule has 3 rings (SSSR count). The molecule has 2 atom stereocenters. The number of fused-ring (bicyclic) bond motifs is 1. The van der Waals surface area contributed by atoms with E-state index in [0.29, 0.717) is 25.8 Å². The number of carbonyl (C=O) groups is 1. The number of anilines is 1. The van der Waals surface area contributed by atoms with Crippen molar-refractivity contribution in [1.29, 1.82) is 0 Å². The van der Waals surface area contributed by atoms with E-state index in [0.717, 1.165) is 37.8 Å². The molecule has 1 aliphatic heterocycles. The highest BCUT2D eigenvalue weighted by Gasteiger charge is 2.43. The Morgan fingerprint density at radius 3 is 2.62 bits per heavy atom. The second-order valence-electron chi connectivity index (χ2n) is 6.19. The fourth-order valence-corrected chi connectivity index (χ4v) is 3.73. The Kier molecular flexibility index (Phi) is 3.69. The van der Waals surface area contributed by atoms with Crippen molar-refractivity contribution >= 4 is 12.0 Å². The second-order valence-corrected chi connectivity index (χ2v) is 6.19. The summed E-state index contributed by atoms with van der Waals surface area (Å²) >= 11 is 0. The van der Waals surface area contributed by atoms with Crippen LogP contribution in [-0.4, -0.2) is 30.1 Å². The van der Waals surface area contributed by atoms with Crippen molar-refractivity contribution < 1.29 is 18.7 Å². The minimum absolute atomic E-state index is 0.0000641. The van der Waals surface area contributed by atoms with E-state index in [2.05, 4.69) is 0 Å². The molecular formula is C16H19F2NO2. The lowest BCUT2D eigenvalue weighted by atomic mass is 9.71. The molecule has 3 nitrogen and oxygen atoms in total. The van der Waals surface area contributed by atoms with E-state index in [4.69, 9.17) is 0 Å². The summed E-state index contributed by atoms with van der Waals surface area (Å²) in [4.78, 5) is 12.3. The van der Waals surface area contributed by atoms with Crippen LogP contribution in [0.4, 0.5) is 14.5 Å². The van der Waals surface area contributed by atoms with Gasteiger partial charge in [-0.3, -0.25) is 4.79 Å². The molecule has 1 N–H and O–H groups in total. The number of aliphatic hydroxyl groups is 1. The number of halogens is 2. The molecule has 1 saturated carbocycles. The first-order valence-electron chi connectivity index (χ1n) is 7.45. The number of carbonyl (C=O) groups excluding carboxylic acids is 1. The van der Waals surface area contributed by atoms with Gasteiger partial charge in [-0.1, -0.05) is 12.8 Å². The lowest BCUT2D eigenvalue weighted by Crippen LogP contribution is -2.53. The molecule has 0 radical (unpaired) electrons. The zero-order valence-corrected chi connectivity index (χ0v) is 11.8. The van der Waals surface area contributed by atoms with Gasteiger partial charge < -0.3 is 10.0 Å². The molecule has 0 spiro atoms. The maximum atomic E-state index is 14.1. The van der Waals surface area contributed by atoms with E-state index in [1.807, 2.05) is 0 Å². The Labute approximate surface area is 122 Å². The van der Waals surface area contributed by atoms with E-state index >= 15 is 0 Å². The molecule has 0 bridgehead atoms. The van der Waals surface area contributed by atoms with Crippen molar-refractivity contribution in [3.63, 3.8) is 0 Å². The van der Waals surface area contributed by atoms with Crippen LogP contribution in [0.25, 0.3) is 0 Å². The smallest absolute Gasteiger partial charge is 0.150 e. The third-order valence-corrected chi connectivity index (χ3v) is 4.92. The number of benzene rings is 1. The van der Waals surface area contributed by atoms with Crippen molar-refractivity contribution in [2.24, 2.45) is 5.92 Å². The largest absolute Gasteiger partial charge is 0.389 e. The number of piperidine rings is 1. The summed E-state index contributed by atoms with van der Waals surface area (Å²) in [5, 5.41) is 10.6. The van der Waals surface area contributed by atoms with E-state index < -0.39 is 17.2 Å². The third kappa shape index (κ3) is 2.55. The lowest BCUT2D eigenvalue weighted by Gasteiger charge is -2.48. The third-order valence-electron chi connectivity index (χ3n) is 4.92. The number of hydrogen-bond donors (Lipinski definition) is 1. The van der Waals surface area contributed by atoms with Crippen LogP contribution in [0.2, 0.25) is 0 Å². The molecule has 114 valence electrons. The van der Waals surface area contributed by atoms with E-state index in [1.165, 1.54) is 0 Å². The van der Waals surface area contributed by atoms with Crippen LogP contribution in [0.1, 0.15) is 42.5 Å². The van der Waals surface area contributed by atoms with Gasteiger partial charge >= 0.3 is 0 Å². The molecule has 0 amide bonds. The number of hydrogen-bond acceptors (Lipinski definition) is 3. The topological polar surface area (TPSA) is 40.5 Å². The molecule has 1 aliphatic carbocycles. The fourth-order valence-electron chi connectivity index (χ4n) is 3.73. The highest BCUT2D eigenvalue weighted by atomic mass is 19.1. The predicted octanol–water partition coefficient (Wildman–Crippen LogP) is 2.91. The van der Waals surface area contributed by atoms with E-state index in [9.17, 15) is 18.7 Å². The molecule has 2 aliphatic rings. The van der Waals surface area contributed by atoms with Gasteiger partial charge in [-0.05, 0) is 31.4 Å². The van der Waals surface area contributed by atoms with Gasteiger partial charge in [-0.2, -0.15) is 0 Å². The quantitative estimate of drug-likeness (QED) is 0.853. The first-order valence-corrected chi connectivity index (χ1v) is 7.45. The number of nitrogens with zero attached hydrogens (tertiary/aromatic N) is 1. The molecule has 1 aromatic rings. The van der Waals surface area contributed by atoms with Crippen molar-refractivity contribution in [2.45, 2.75) is 37.7 Å². The summed E-state index contributed by atoms with van der Waals surface area (Å²) in [5.74, 6) is -1.36. The summed E-state index contributed by atoms with van der Waals surface area (Å²) in [7, 11) is 0. The standard InChI is InChI=1S/C16H19F2NO2/c17-13-7-11(10-20)8-14(18)15(13)19-6-5-16(21)4-2-1-3-12(16)9-19/h7-8,10,12,21H,1-6,9H2. The summed E-state index contributed by atoms with van der Waals surface area (Å²) < 4.78 is 28.2. The van der Waals surface area contributed by atoms with E-state index in [1.54, 1.807) is 4.90 Å². The van der Waals surface area contributed by atoms with Gasteiger partial charge in [0.05, 0.1) is 5.60 Å². The maximum Gasteiger partial charge on any atom is 0.150 e. The van der Waals surface area contributed by atoms with Crippen LogP contribution in [-0.2, 0) is 0 Å². The number of rotatable bonds is 2. The van der Waals surface area contributed by atoms with Crippen LogP contribution in [0.3, 0.4) is 0 Å². The molecular weight excluding hydrogens is 276 g/mol. The van der Waals surface area contributed by atoms with Crippen LogP contribution in [0.5, 0.6) is 0 Å². The molecule has 5 heteroatoms. The maximum absolute atomic E-state index is 14.1. The van der Waals surface area contributed by atoms with Crippen molar-refractivity contribution in [2.75, 3.05) is 18.0 Å². The minimum Gasteiger partial charge on any atom is -0.389 e. The Hall–Kier alpha value is -1.49. The highest BCUT2D eigenvalue weighted by Crippen LogP contribution is 2.41. The fraction of sp³-hybridized carbons (Fsp3) is 0.562. The van der Waals surface area contributed by atoms with Gasteiger partial charge in [0, 0.05) is 24.6 Å². The van der Waals surface area contributed by atoms with Gasteiger partial charge in [0.15, 0.2) is 0 Å². The van der Waals surface area contributed by atoms with Gasteiger partial charge in [-0.15, -0.1) is 0 Å².